The van der Waals surface area contributed by atoms with Crippen molar-refractivity contribution in [2.75, 3.05) is 20.8 Å². The van der Waals surface area contributed by atoms with Gasteiger partial charge in [-0.2, -0.15) is 8.75 Å². The predicted molar refractivity (Wildman–Crippen MR) is 98.7 cm³/mol. The molecule has 0 aliphatic rings. The Kier molecular flexibility index (Phi) is 5.65. The number of hydrogen-bond donors (Lipinski definition) is 1. The van der Waals surface area contributed by atoms with E-state index in [0.717, 1.165) is 28.7 Å². The second-order valence-corrected chi connectivity index (χ2v) is 6.46. The van der Waals surface area contributed by atoms with E-state index in [4.69, 9.17) is 14.6 Å². The highest BCUT2D eigenvalue weighted by molar-refractivity contribution is 7.00. The number of carboxylic acids is 1. The van der Waals surface area contributed by atoms with Crippen LogP contribution in [-0.4, -0.2) is 45.5 Å². The summed E-state index contributed by atoms with van der Waals surface area (Å²) in [5.74, 6) is -0.0867. The van der Waals surface area contributed by atoms with Crippen LogP contribution in [0.15, 0.2) is 36.4 Å². The van der Waals surface area contributed by atoms with Gasteiger partial charge in [0.25, 0.3) is 0 Å². The van der Waals surface area contributed by atoms with E-state index in [2.05, 4.69) is 19.7 Å². The molecule has 0 fully saturated rings. The van der Waals surface area contributed by atoms with Gasteiger partial charge >= 0.3 is 5.97 Å². The first-order valence-corrected chi connectivity index (χ1v) is 8.69. The van der Waals surface area contributed by atoms with Gasteiger partial charge in [-0.1, -0.05) is 12.1 Å². The van der Waals surface area contributed by atoms with E-state index in [1.165, 1.54) is 18.8 Å². The standard InChI is InChI=1S/C18H19N3O4S/c1-21(9-12-3-5-14-15(7-12)20-26-19-14)10-13-4-6-16(24-2)17(8-13)25-11-18(22)23/h3-8H,9-11H2,1-2H3,(H,22,23). The Hall–Kier alpha value is -2.71. The van der Waals surface area contributed by atoms with Crippen LogP contribution in [0, 0.1) is 0 Å². The van der Waals surface area contributed by atoms with Crippen molar-refractivity contribution in [1.82, 2.24) is 13.6 Å². The number of fused-ring (bicyclic) bond motifs is 1. The van der Waals surface area contributed by atoms with Crippen molar-refractivity contribution < 1.29 is 19.4 Å². The van der Waals surface area contributed by atoms with Gasteiger partial charge in [0.1, 0.15) is 11.0 Å². The summed E-state index contributed by atoms with van der Waals surface area (Å²) in [5.41, 5.74) is 3.99. The monoisotopic (exact) mass is 373 g/mol. The second kappa shape index (κ2) is 8.11. The average Bonchev–Trinajstić information content (AvgIpc) is 3.07. The van der Waals surface area contributed by atoms with Gasteiger partial charge < -0.3 is 14.6 Å². The highest BCUT2D eigenvalue weighted by atomic mass is 32.1. The summed E-state index contributed by atoms with van der Waals surface area (Å²) in [6, 6.07) is 11.6. The molecule has 0 unspecified atom stereocenters. The van der Waals surface area contributed by atoms with Crippen molar-refractivity contribution in [1.29, 1.82) is 0 Å². The number of ether oxygens (including phenoxy) is 2. The van der Waals surface area contributed by atoms with E-state index in [-0.39, 0.29) is 0 Å². The van der Waals surface area contributed by atoms with Crippen molar-refractivity contribution in [3.63, 3.8) is 0 Å². The van der Waals surface area contributed by atoms with Crippen LogP contribution in [0.4, 0.5) is 0 Å². The normalized spacial score (nSPS) is 11.0. The van der Waals surface area contributed by atoms with E-state index >= 15 is 0 Å². The highest BCUT2D eigenvalue weighted by Crippen LogP contribution is 2.28. The van der Waals surface area contributed by atoms with E-state index in [9.17, 15) is 4.79 Å². The number of methoxy groups -OCH3 is 1. The minimum Gasteiger partial charge on any atom is -0.493 e. The van der Waals surface area contributed by atoms with Gasteiger partial charge in [-0.15, -0.1) is 0 Å². The Bertz CT molecular complexity index is 912. The summed E-state index contributed by atoms with van der Waals surface area (Å²) in [6.45, 7) is 1.03. The molecule has 0 aliphatic heterocycles. The maximum absolute atomic E-state index is 10.7. The summed E-state index contributed by atoms with van der Waals surface area (Å²) < 4.78 is 19.0. The van der Waals surface area contributed by atoms with Crippen molar-refractivity contribution >= 4 is 28.7 Å². The lowest BCUT2D eigenvalue weighted by atomic mass is 10.1. The molecule has 3 rings (SSSR count). The molecule has 1 heterocycles. The quantitative estimate of drug-likeness (QED) is 0.650. The van der Waals surface area contributed by atoms with E-state index in [1.807, 2.05) is 31.3 Å². The molecule has 26 heavy (non-hydrogen) atoms. The van der Waals surface area contributed by atoms with E-state index in [1.54, 1.807) is 6.07 Å². The van der Waals surface area contributed by atoms with E-state index < -0.39 is 12.6 Å². The molecule has 0 amide bonds. The minimum absolute atomic E-state index is 0.405. The summed E-state index contributed by atoms with van der Waals surface area (Å²) in [7, 11) is 3.55. The largest absolute Gasteiger partial charge is 0.493 e. The summed E-state index contributed by atoms with van der Waals surface area (Å²) >= 11 is 1.21. The topological polar surface area (TPSA) is 84.8 Å². The lowest BCUT2D eigenvalue weighted by Gasteiger charge is -2.18. The van der Waals surface area contributed by atoms with Crippen molar-refractivity contribution in [3.05, 3.63) is 47.5 Å². The first kappa shape index (κ1) is 18.1. The van der Waals surface area contributed by atoms with Crippen LogP contribution < -0.4 is 9.47 Å². The van der Waals surface area contributed by atoms with Crippen molar-refractivity contribution in [3.8, 4) is 11.5 Å². The number of aromatic nitrogens is 2. The van der Waals surface area contributed by atoms with Gasteiger partial charge in [0.2, 0.25) is 0 Å². The molecule has 136 valence electrons. The fourth-order valence-corrected chi connectivity index (χ4v) is 3.19. The molecule has 0 radical (unpaired) electrons. The third-order valence-corrected chi connectivity index (χ3v) is 4.36. The number of carboxylic acid groups (broad SMARTS) is 1. The maximum atomic E-state index is 10.7. The molecule has 2 aromatic carbocycles. The summed E-state index contributed by atoms with van der Waals surface area (Å²) in [6.07, 6.45) is 0. The third-order valence-electron chi connectivity index (χ3n) is 3.80. The van der Waals surface area contributed by atoms with Crippen molar-refractivity contribution in [2.45, 2.75) is 13.1 Å². The Labute approximate surface area is 155 Å². The van der Waals surface area contributed by atoms with Crippen LogP contribution in [0.1, 0.15) is 11.1 Å². The second-order valence-electron chi connectivity index (χ2n) is 5.93. The molecule has 0 aliphatic carbocycles. The van der Waals surface area contributed by atoms with Gasteiger partial charge in [0, 0.05) is 13.1 Å². The molecule has 7 nitrogen and oxygen atoms in total. The van der Waals surface area contributed by atoms with Crippen LogP contribution in [0.3, 0.4) is 0 Å². The third kappa shape index (κ3) is 4.47. The molecule has 1 aromatic heterocycles. The van der Waals surface area contributed by atoms with Crippen LogP contribution in [0.5, 0.6) is 11.5 Å². The number of aliphatic carboxylic acids is 1. The lowest BCUT2D eigenvalue weighted by Crippen LogP contribution is -2.17. The van der Waals surface area contributed by atoms with Gasteiger partial charge in [0.05, 0.1) is 18.8 Å². The Morgan fingerprint density at radius 2 is 1.77 bits per heavy atom. The first-order chi connectivity index (χ1) is 12.5. The zero-order valence-electron chi connectivity index (χ0n) is 14.5. The molecule has 1 N–H and O–H groups in total. The fourth-order valence-electron chi connectivity index (χ4n) is 2.68. The molecule has 0 bridgehead atoms. The predicted octanol–water partition coefficient (Wildman–Crippen LogP) is 2.80. The lowest BCUT2D eigenvalue weighted by molar-refractivity contribution is -0.139. The molecule has 0 spiro atoms. The van der Waals surface area contributed by atoms with Crippen LogP contribution in [0.25, 0.3) is 11.0 Å². The minimum atomic E-state index is -1.03. The molecule has 3 aromatic rings. The molecule has 0 saturated carbocycles. The number of nitrogens with zero attached hydrogens (tertiary/aromatic N) is 3. The van der Waals surface area contributed by atoms with Gasteiger partial charge in [0.15, 0.2) is 18.1 Å². The van der Waals surface area contributed by atoms with Gasteiger partial charge in [-0.25, -0.2) is 4.79 Å². The highest BCUT2D eigenvalue weighted by Gasteiger charge is 2.10. The van der Waals surface area contributed by atoms with Crippen molar-refractivity contribution in [2.24, 2.45) is 0 Å². The number of rotatable bonds is 8. The van der Waals surface area contributed by atoms with E-state index in [0.29, 0.717) is 18.0 Å². The number of carbonyl (C=O) groups is 1. The zero-order chi connectivity index (χ0) is 18.5. The maximum Gasteiger partial charge on any atom is 0.341 e. The van der Waals surface area contributed by atoms with Gasteiger partial charge in [-0.05, 0) is 42.4 Å². The Morgan fingerprint density at radius 1 is 1.08 bits per heavy atom. The Morgan fingerprint density at radius 3 is 2.50 bits per heavy atom. The van der Waals surface area contributed by atoms with Crippen LogP contribution in [-0.2, 0) is 17.9 Å². The zero-order valence-corrected chi connectivity index (χ0v) is 15.3. The number of hydrogen-bond acceptors (Lipinski definition) is 7. The van der Waals surface area contributed by atoms with Crippen LogP contribution >= 0.6 is 11.7 Å². The van der Waals surface area contributed by atoms with Crippen LogP contribution in [0.2, 0.25) is 0 Å². The summed E-state index contributed by atoms with van der Waals surface area (Å²) in [4.78, 5) is 12.9. The molecule has 0 atom stereocenters. The molecular formula is C18H19N3O4S. The fraction of sp³-hybridized carbons (Fsp3) is 0.278. The smallest absolute Gasteiger partial charge is 0.341 e. The average molecular weight is 373 g/mol. The molecule has 8 heteroatoms. The number of benzene rings is 2. The Balaban J connectivity index is 1.68. The van der Waals surface area contributed by atoms with Gasteiger partial charge in [-0.3, -0.25) is 4.90 Å². The first-order valence-electron chi connectivity index (χ1n) is 7.96. The molecular weight excluding hydrogens is 354 g/mol. The molecule has 0 saturated heterocycles. The summed E-state index contributed by atoms with van der Waals surface area (Å²) in [5, 5.41) is 8.79. The SMILES string of the molecule is COc1ccc(CN(C)Cc2ccc3nsnc3c2)cc1OCC(=O)O.